The molecule has 0 saturated heterocycles. The van der Waals surface area contributed by atoms with Gasteiger partial charge >= 0.3 is 0 Å². The van der Waals surface area contributed by atoms with Crippen LogP contribution in [-0.2, 0) is 11.2 Å². The first-order valence-electron chi connectivity index (χ1n) is 9.38. The molecule has 0 radical (unpaired) electrons. The SMILES string of the molecule is CCN(CCO)C(=O)Cc1c(-c2ccc(C)c(C)c2)nc2cc(C)ccn12. The zero-order valence-corrected chi connectivity index (χ0v) is 16.5. The van der Waals surface area contributed by atoms with E-state index in [1.54, 1.807) is 4.90 Å². The Hall–Kier alpha value is -2.66. The van der Waals surface area contributed by atoms with Gasteiger partial charge in [-0.1, -0.05) is 12.1 Å². The van der Waals surface area contributed by atoms with Gasteiger partial charge < -0.3 is 14.4 Å². The molecule has 0 saturated carbocycles. The zero-order chi connectivity index (χ0) is 19.6. The molecule has 3 aromatic rings. The van der Waals surface area contributed by atoms with Crippen molar-refractivity contribution in [3.63, 3.8) is 0 Å². The van der Waals surface area contributed by atoms with Crippen LogP contribution in [0.15, 0.2) is 36.5 Å². The van der Waals surface area contributed by atoms with Crippen LogP contribution in [0.3, 0.4) is 0 Å². The molecule has 5 heteroatoms. The molecule has 0 aliphatic carbocycles. The van der Waals surface area contributed by atoms with Gasteiger partial charge in [0.05, 0.1) is 24.4 Å². The lowest BCUT2D eigenvalue weighted by Gasteiger charge is -2.20. The molecule has 0 spiro atoms. The second-order valence-electron chi connectivity index (χ2n) is 7.01. The van der Waals surface area contributed by atoms with E-state index in [2.05, 4.69) is 32.0 Å². The van der Waals surface area contributed by atoms with Crippen LogP contribution in [0, 0.1) is 20.8 Å². The van der Waals surface area contributed by atoms with Gasteiger partial charge in [0.1, 0.15) is 5.65 Å². The molecule has 1 aromatic carbocycles. The number of aryl methyl sites for hydroxylation is 3. The van der Waals surface area contributed by atoms with Crippen molar-refractivity contribution in [2.24, 2.45) is 0 Å². The maximum atomic E-state index is 12.8. The van der Waals surface area contributed by atoms with Gasteiger partial charge in [0.2, 0.25) is 5.91 Å². The van der Waals surface area contributed by atoms with E-state index in [0.717, 1.165) is 28.2 Å². The molecule has 0 fully saturated rings. The quantitative estimate of drug-likeness (QED) is 0.729. The van der Waals surface area contributed by atoms with Crippen molar-refractivity contribution in [3.05, 3.63) is 58.9 Å². The summed E-state index contributed by atoms with van der Waals surface area (Å²) in [4.78, 5) is 19.3. The number of hydrogen-bond donors (Lipinski definition) is 1. The maximum absolute atomic E-state index is 12.8. The number of aliphatic hydroxyl groups is 1. The first-order chi connectivity index (χ1) is 12.9. The second-order valence-corrected chi connectivity index (χ2v) is 7.01. The third kappa shape index (κ3) is 3.88. The third-order valence-electron chi connectivity index (χ3n) is 5.08. The number of likely N-dealkylation sites (N-methyl/N-ethyl adjacent to an activating group) is 1. The number of fused-ring (bicyclic) bond motifs is 1. The van der Waals surface area contributed by atoms with E-state index in [0.29, 0.717) is 13.1 Å². The molecule has 1 N–H and O–H groups in total. The fourth-order valence-electron chi connectivity index (χ4n) is 3.32. The van der Waals surface area contributed by atoms with Gasteiger partial charge in [-0.15, -0.1) is 0 Å². The standard InChI is InChI=1S/C22H27N3O2/c1-5-24(10-11-26)21(27)14-19-22(18-7-6-16(3)17(4)13-18)23-20-12-15(2)8-9-25(19)20/h6-9,12-13,26H,5,10-11,14H2,1-4H3. The van der Waals surface area contributed by atoms with Gasteiger partial charge in [-0.05, 0) is 62.6 Å². The van der Waals surface area contributed by atoms with E-state index < -0.39 is 0 Å². The molecular weight excluding hydrogens is 338 g/mol. The van der Waals surface area contributed by atoms with Crippen molar-refractivity contribution in [2.75, 3.05) is 19.7 Å². The predicted octanol–water partition coefficient (Wildman–Crippen LogP) is 3.31. The number of benzene rings is 1. The van der Waals surface area contributed by atoms with E-state index in [4.69, 9.17) is 4.98 Å². The average molecular weight is 365 g/mol. The zero-order valence-electron chi connectivity index (χ0n) is 16.5. The molecule has 2 heterocycles. The monoisotopic (exact) mass is 365 g/mol. The number of rotatable bonds is 6. The van der Waals surface area contributed by atoms with E-state index in [1.807, 2.05) is 36.6 Å². The minimum atomic E-state index is -0.0318. The minimum absolute atomic E-state index is 0.000918. The van der Waals surface area contributed by atoms with Crippen molar-refractivity contribution in [1.82, 2.24) is 14.3 Å². The summed E-state index contributed by atoms with van der Waals surface area (Å²) < 4.78 is 2.00. The maximum Gasteiger partial charge on any atom is 0.228 e. The van der Waals surface area contributed by atoms with E-state index in [9.17, 15) is 9.90 Å². The van der Waals surface area contributed by atoms with Crippen molar-refractivity contribution < 1.29 is 9.90 Å². The van der Waals surface area contributed by atoms with Crippen molar-refractivity contribution in [3.8, 4) is 11.3 Å². The average Bonchev–Trinajstić information content (AvgIpc) is 2.99. The Balaban J connectivity index is 2.11. The number of carbonyl (C=O) groups excluding carboxylic acids is 1. The Labute approximate surface area is 160 Å². The molecule has 0 bridgehead atoms. The molecular formula is C22H27N3O2. The van der Waals surface area contributed by atoms with Crippen LogP contribution in [0.5, 0.6) is 0 Å². The summed E-state index contributed by atoms with van der Waals surface area (Å²) in [6.07, 6.45) is 2.23. The lowest BCUT2D eigenvalue weighted by atomic mass is 10.0. The summed E-state index contributed by atoms with van der Waals surface area (Å²) in [5.41, 5.74) is 7.16. The topological polar surface area (TPSA) is 57.8 Å². The van der Waals surface area contributed by atoms with Crippen LogP contribution in [0.1, 0.15) is 29.3 Å². The Morgan fingerprint density at radius 2 is 1.93 bits per heavy atom. The van der Waals surface area contributed by atoms with Gasteiger partial charge in [0.25, 0.3) is 0 Å². The number of hydrogen-bond acceptors (Lipinski definition) is 3. The molecule has 0 aliphatic rings. The molecule has 5 nitrogen and oxygen atoms in total. The lowest BCUT2D eigenvalue weighted by molar-refractivity contribution is -0.130. The summed E-state index contributed by atoms with van der Waals surface area (Å²) in [6, 6.07) is 10.3. The summed E-state index contributed by atoms with van der Waals surface area (Å²) in [7, 11) is 0. The number of carbonyl (C=O) groups is 1. The highest BCUT2D eigenvalue weighted by Crippen LogP contribution is 2.27. The van der Waals surface area contributed by atoms with Crippen molar-refractivity contribution in [2.45, 2.75) is 34.1 Å². The highest BCUT2D eigenvalue weighted by molar-refractivity contribution is 5.82. The molecule has 0 atom stereocenters. The first-order valence-corrected chi connectivity index (χ1v) is 9.38. The van der Waals surface area contributed by atoms with Crippen LogP contribution in [0.25, 0.3) is 16.9 Å². The lowest BCUT2D eigenvalue weighted by Crippen LogP contribution is -2.34. The summed E-state index contributed by atoms with van der Waals surface area (Å²) in [6.45, 7) is 9.04. The van der Waals surface area contributed by atoms with Gasteiger partial charge in [-0.3, -0.25) is 4.79 Å². The molecule has 27 heavy (non-hydrogen) atoms. The van der Waals surface area contributed by atoms with Gasteiger partial charge in [-0.25, -0.2) is 4.98 Å². The molecule has 0 aliphatic heterocycles. The molecule has 142 valence electrons. The summed E-state index contributed by atoms with van der Waals surface area (Å²) in [5, 5.41) is 9.22. The van der Waals surface area contributed by atoms with Gasteiger partial charge in [0, 0.05) is 24.8 Å². The molecule has 0 unspecified atom stereocenters. The molecule has 2 aromatic heterocycles. The highest BCUT2D eigenvalue weighted by Gasteiger charge is 2.20. The van der Waals surface area contributed by atoms with E-state index >= 15 is 0 Å². The normalized spacial score (nSPS) is 11.1. The highest BCUT2D eigenvalue weighted by atomic mass is 16.3. The van der Waals surface area contributed by atoms with E-state index in [-0.39, 0.29) is 18.9 Å². The Bertz CT molecular complexity index is 975. The van der Waals surface area contributed by atoms with Crippen LogP contribution in [-0.4, -0.2) is 45.0 Å². The van der Waals surface area contributed by atoms with Gasteiger partial charge in [0.15, 0.2) is 0 Å². The third-order valence-corrected chi connectivity index (χ3v) is 5.08. The molecule has 1 amide bonds. The Morgan fingerprint density at radius 1 is 1.15 bits per heavy atom. The predicted molar refractivity (Wildman–Crippen MR) is 108 cm³/mol. The van der Waals surface area contributed by atoms with Crippen molar-refractivity contribution >= 4 is 11.6 Å². The van der Waals surface area contributed by atoms with Crippen LogP contribution < -0.4 is 0 Å². The number of amides is 1. The largest absolute Gasteiger partial charge is 0.395 e. The number of aliphatic hydroxyl groups excluding tert-OH is 1. The van der Waals surface area contributed by atoms with E-state index in [1.165, 1.54) is 11.1 Å². The van der Waals surface area contributed by atoms with Crippen molar-refractivity contribution in [1.29, 1.82) is 0 Å². The van der Waals surface area contributed by atoms with Crippen LogP contribution >= 0.6 is 0 Å². The Morgan fingerprint density at radius 3 is 2.59 bits per heavy atom. The number of aromatic nitrogens is 2. The Kier molecular flexibility index (Phi) is 5.61. The summed E-state index contributed by atoms with van der Waals surface area (Å²) in [5.74, 6) is -0.000918. The minimum Gasteiger partial charge on any atom is -0.395 e. The fraction of sp³-hybridized carbons (Fsp3) is 0.364. The second kappa shape index (κ2) is 7.92. The van der Waals surface area contributed by atoms with Crippen LogP contribution in [0.4, 0.5) is 0 Å². The summed E-state index contributed by atoms with van der Waals surface area (Å²) >= 11 is 0. The first kappa shape index (κ1) is 19.1. The fourth-order valence-corrected chi connectivity index (χ4v) is 3.32. The molecule has 3 rings (SSSR count). The number of nitrogens with zero attached hydrogens (tertiary/aromatic N) is 3. The van der Waals surface area contributed by atoms with Gasteiger partial charge in [-0.2, -0.15) is 0 Å². The smallest absolute Gasteiger partial charge is 0.228 e. The number of imidazole rings is 1. The number of pyridine rings is 1. The van der Waals surface area contributed by atoms with Crippen LogP contribution in [0.2, 0.25) is 0 Å².